The van der Waals surface area contributed by atoms with Crippen LogP contribution >= 0.6 is 0 Å². The van der Waals surface area contributed by atoms with Crippen molar-refractivity contribution >= 4 is 45.9 Å². The fraction of sp³-hybridized carbons (Fsp3) is 0.652. The summed E-state index contributed by atoms with van der Waals surface area (Å²) in [5, 5.41) is 60.8. The maximum atomic E-state index is 11.4. The summed E-state index contributed by atoms with van der Waals surface area (Å²) < 4.78 is 27.0. The third-order valence-electron chi connectivity index (χ3n) is 15.0. The third kappa shape index (κ3) is 8.50. The van der Waals surface area contributed by atoms with Gasteiger partial charge in [0.15, 0.2) is 57.9 Å². The SMILES string of the molecule is CCc1cc([C@H]2O[C@@H](n3cnc4c(NC5CCC(Nc6nc(N7CC[C@@H](N(C)C)C7)nc7c6ncn7[C@@H]6O[C@H](c7cc(CC)no7)[C@@H](O)[C@H]6O)CC5)nc(N5CCC(N(C)C)C5)nc43)[C@H](O)[C@@H]2O)on1. The van der Waals surface area contributed by atoms with Gasteiger partial charge in [0.05, 0.1) is 24.0 Å². The van der Waals surface area contributed by atoms with E-state index < -0.39 is 49.1 Å². The fourth-order valence-corrected chi connectivity index (χ4v) is 10.6. The Labute approximate surface area is 404 Å². The van der Waals surface area contributed by atoms with E-state index in [0.29, 0.717) is 82.3 Å². The monoisotopic (exact) mass is 969 g/mol. The summed E-state index contributed by atoms with van der Waals surface area (Å²) >= 11 is 0. The molecule has 6 aromatic rings. The van der Waals surface area contributed by atoms with Crippen LogP contribution in [-0.4, -0.2) is 183 Å². The summed E-state index contributed by atoms with van der Waals surface area (Å²) in [6.45, 7) is 6.97. The normalized spacial score (nSPS) is 30.6. The lowest BCUT2D eigenvalue weighted by molar-refractivity contribution is -0.0434. The van der Waals surface area contributed by atoms with Crippen molar-refractivity contribution in [1.29, 1.82) is 0 Å². The van der Waals surface area contributed by atoms with Crippen molar-refractivity contribution in [2.45, 2.75) is 138 Å². The minimum atomic E-state index is -1.30. The first-order valence-electron chi connectivity index (χ1n) is 24.6. The molecule has 5 aliphatic rings. The van der Waals surface area contributed by atoms with Crippen LogP contribution in [0.25, 0.3) is 22.3 Å². The van der Waals surface area contributed by atoms with Crippen LogP contribution in [0.1, 0.15) is 99.9 Å². The van der Waals surface area contributed by atoms with E-state index >= 15 is 0 Å². The van der Waals surface area contributed by atoms with E-state index in [-0.39, 0.29) is 12.1 Å². The molecule has 70 heavy (non-hydrogen) atoms. The van der Waals surface area contributed by atoms with Gasteiger partial charge >= 0.3 is 0 Å². The molecule has 6 aromatic heterocycles. The second-order valence-corrected chi connectivity index (χ2v) is 19.9. The van der Waals surface area contributed by atoms with Crippen LogP contribution in [-0.2, 0) is 22.3 Å². The zero-order valence-electron chi connectivity index (χ0n) is 40.4. The average molecular weight is 969 g/mol. The Morgan fingerprint density at radius 3 is 1.36 bits per heavy atom. The van der Waals surface area contributed by atoms with Gasteiger partial charge in [-0.3, -0.25) is 9.13 Å². The molecule has 1 aliphatic carbocycles. The zero-order valence-corrected chi connectivity index (χ0v) is 40.4. The van der Waals surface area contributed by atoms with Crippen molar-refractivity contribution in [1.82, 2.24) is 59.2 Å². The first kappa shape index (κ1) is 46.8. The number of aryl methyl sites for hydroxylation is 2. The Hall–Kier alpha value is -5.60. The number of anilines is 4. The maximum absolute atomic E-state index is 11.4. The lowest BCUT2D eigenvalue weighted by Crippen LogP contribution is -2.34. The van der Waals surface area contributed by atoms with E-state index in [0.717, 1.165) is 76.1 Å². The van der Waals surface area contributed by atoms with Gasteiger partial charge in [0, 0.05) is 62.5 Å². The van der Waals surface area contributed by atoms with E-state index in [1.165, 1.54) is 0 Å². The molecule has 4 aliphatic heterocycles. The largest absolute Gasteiger partial charge is 0.387 e. The summed E-state index contributed by atoms with van der Waals surface area (Å²) in [4.78, 5) is 38.7. The molecule has 4 saturated heterocycles. The number of ether oxygens (including phenoxy) is 2. The van der Waals surface area contributed by atoms with Crippen molar-refractivity contribution < 1.29 is 38.9 Å². The Bertz CT molecular complexity index is 2600. The fourth-order valence-electron chi connectivity index (χ4n) is 10.6. The predicted molar refractivity (Wildman–Crippen MR) is 254 cm³/mol. The van der Waals surface area contributed by atoms with Gasteiger partial charge in [-0.15, -0.1) is 0 Å². The topological polar surface area (TPSA) is 276 Å². The summed E-state index contributed by atoms with van der Waals surface area (Å²) in [6.07, 6.45) is 0.606. The minimum absolute atomic E-state index is 0.0480. The van der Waals surface area contributed by atoms with E-state index in [4.69, 9.17) is 48.4 Å². The molecule has 6 N–H and O–H groups in total. The van der Waals surface area contributed by atoms with Gasteiger partial charge in [0.25, 0.3) is 0 Å². The van der Waals surface area contributed by atoms with Crippen molar-refractivity contribution in [3.8, 4) is 0 Å². The number of aliphatic hydroxyl groups is 4. The van der Waals surface area contributed by atoms with Gasteiger partial charge in [-0.1, -0.05) is 24.2 Å². The van der Waals surface area contributed by atoms with Gasteiger partial charge in [-0.2, -0.15) is 19.9 Å². The van der Waals surface area contributed by atoms with Crippen LogP contribution in [0.5, 0.6) is 0 Å². The van der Waals surface area contributed by atoms with E-state index in [1.807, 2.05) is 13.8 Å². The Kier molecular flexibility index (Phi) is 12.6. The van der Waals surface area contributed by atoms with Gasteiger partial charge < -0.3 is 69.2 Å². The lowest BCUT2D eigenvalue weighted by Gasteiger charge is -2.31. The number of hydrogen-bond donors (Lipinski definition) is 6. The van der Waals surface area contributed by atoms with Gasteiger partial charge in [0.1, 0.15) is 36.6 Å². The third-order valence-corrected chi connectivity index (χ3v) is 15.0. The summed E-state index contributed by atoms with van der Waals surface area (Å²) in [5.41, 5.74) is 3.45. The van der Waals surface area contributed by atoms with E-state index in [1.54, 1.807) is 33.9 Å². The Balaban J connectivity index is 0.843. The van der Waals surface area contributed by atoms with Gasteiger partial charge in [-0.25, -0.2) is 9.97 Å². The van der Waals surface area contributed by atoms with Crippen molar-refractivity contribution in [3.05, 3.63) is 47.7 Å². The van der Waals surface area contributed by atoms with Crippen molar-refractivity contribution in [2.24, 2.45) is 0 Å². The number of nitrogens with zero attached hydrogens (tertiary/aromatic N) is 14. The lowest BCUT2D eigenvalue weighted by atomic mass is 9.91. The van der Waals surface area contributed by atoms with E-state index in [9.17, 15) is 20.4 Å². The van der Waals surface area contributed by atoms with E-state index in [2.05, 4.69) is 68.7 Å². The molecular formula is C46H64N16O8. The molecule has 0 radical (unpaired) electrons. The molecule has 1 unspecified atom stereocenters. The molecule has 0 spiro atoms. The molecule has 24 heteroatoms. The number of hydrogen-bond acceptors (Lipinski definition) is 22. The number of nitrogens with one attached hydrogen (secondary N) is 2. The van der Waals surface area contributed by atoms with Gasteiger partial charge in [0.2, 0.25) is 11.9 Å². The molecule has 10 heterocycles. The summed E-state index contributed by atoms with van der Waals surface area (Å²) in [5.74, 6) is 2.95. The number of likely N-dealkylation sites (N-methyl/N-ethyl adjacent to an activating group) is 2. The number of aliphatic hydroxyl groups excluding tert-OH is 4. The van der Waals surface area contributed by atoms with Crippen LogP contribution in [0.2, 0.25) is 0 Å². The van der Waals surface area contributed by atoms with Crippen molar-refractivity contribution in [2.75, 3.05) is 74.8 Å². The number of imidazole rings is 2. The molecule has 0 bridgehead atoms. The molecule has 5 fully saturated rings. The summed E-state index contributed by atoms with van der Waals surface area (Å²) in [7, 11) is 8.32. The molecule has 0 amide bonds. The molecule has 1 saturated carbocycles. The predicted octanol–water partition coefficient (Wildman–Crippen LogP) is 2.17. The van der Waals surface area contributed by atoms with Crippen LogP contribution in [0.3, 0.4) is 0 Å². The van der Waals surface area contributed by atoms with Crippen LogP contribution in [0.15, 0.2) is 33.8 Å². The number of aromatic nitrogens is 10. The quantitative estimate of drug-likeness (QED) is 0.0913. The first-order valence-corrected chi connectivity index (χ1v) is 24.6. The first-order chi connectivity index (χ1) is 33.8. The maximum Gasteiger partial charge on any atom is 0.229 e. The smallest absolute Gasteiger partial charge is 0.229 e. The zero-order chi connectivity index (χ0) is 48.5. The highest BCUT2D eigenvalue weighted by molar-refractivity contribution is 5.85. The Morgan fingerprint density at radius 2 is 1.00 bits per heavy atom. The van der Waals surface area contributed by atoms with Crippen LogP contribution in [0, 0.1) is 0 Å². The summed E-state index contributed by atoms with van der Waals surface area (Å²) in [6, 6.07) is 4.25. The highest BCUT2D eigenvalue weighted by atomic mass is 16.6. The second-order valence-electron chi connectivity index (χ2n) is 19.9. The molecule has 0 aromatic carbocycles. The standard InChI is InChI=1S/C46H64N16O8/c1-7-23-17-29(69-55-23)37-33(63)35(65)43(67-37)61-21-47-31-39(51-45(53-41(31)61)59-15-13-27(19-59)57(3)4)49-25-9-11-26(12-10-25)50-40-32-42(54-46(52-40)60-16-14-28(20-60)58(5)6)62(22-48-32)44-36(66)34(64)38(68-44)30-18-24(8-2)56-70-30/h17-18,21-22,25-28,33-38,43-44,63-66H,7-16,19-20H2,1-6H3,(H,49,51,53)(H,50,52,54)/t25?,26?,27-,28?,33+,34+,35-,36-,37-,38-,43-,44-/m1/s1. The molecule has 376 valence electrons. The highest BCUT2D eigenvalue weighted by Gasteiger charge is 2.48. The molecule has 24 nitrogen and oxygen atoms in total. The number of fused-ring (bicyclic) bond motifs is 2. The Morgan fingerprint density at radius 1 is 0.586 bits per heavy atom. The van der Waals surface area contributed by atoms with Crippen LogP contribution in [0.4, 0.5) is 23.5 Å². The number of rotatable bonds is 14. The molecule has 11 rings (SSSR count). The molecular weight excluding hydrogens is 905 g/mol. The molecule has 10 atom stereocenters. The average Bonchev–Trinajstić information content (AvgIpc) is 4.22. The van der Waals surface area contributed by atoms with Crippen LogP contribution < -0.4 is 20.4 Å². The van der Waals surface area contributed by atoms with Crippen molar-refractivity contribution in [3.63, 3.8) is 0 Å². The highest BCUT2D eigenvalue weighted by Crippen LogP contribution is 2.43. The minimum Gasteiger partial charge on any atom is -0.387 e. The van der Waals surface area contributed by atoms with Gasteiger partial charge in [-0.05, 0) is 79.6 Å². The second kappa shape index (κ2) is 18.9.